The minimum atomic E-state index is -1.16. The molecule has 0 aliphatic heterocycles. The van der Waals surface area contributed by atoms with Gasteiger partial charge in [-0.1, -0.05) is 6.58 Å². The van der Waals surface area contributed by atoms with Crippen LogP contribution in [0.3, 0.4) is 0 Å². The van der Waals surface area contributed by atoms with E-state index in [9.17, 15) is 9.59 Å². The van der Waals surface area contributed by atoms with Crippen molar-refractivity contribution in [2.24, 2.45) is 0 Å². The monoisotopic (exact) mass is 184 g/mol. The van der Waals surface area contributed by atoms with Gasteiger partial charge in [0.2, 0.25) is 0 Å². The first kappa shape index (κ1) is 11.4. The van der Waals surface area contributed by atoms with Gasteiger partial charge in [-0.15, -0.1) is 0 Å². The minimum absolute atomic E-state index is 0.0637. The maximum Gasteiger partial charge on any atom is 0.334 e. The summed E-state index contributed by atoms with van der Waals surface area (Å²) < 4.78 is 4.70. The number of carbonyl (C=O) groups excluding carboxylic acids is 1. The smallest absolute Gasteiger partial charge is 0.334 e. The molecule has 0 unspecified atom stereocenters. The average Bonchev–Trinajstić information content (AvgIpc) is 1.98. The summed E-state index contributed by atoms with van der Waals surface area (Å²) >= 11 is 0. The maximum absolute atomic E-state index is 11.0. The van der Waals surface area contributed by atoms with Crippen LogP contribution in [-0.4, -0.2) is 23.7 Å². The van der Waals surface area contributed by atoms with Crippen molar-refractivity contribution in [2.45, 2.75) is 13.8 Å². The van der Waals surface area contributed by atoms with Crippen LogP contribution in [0.2, 0.25) is 0 Å². The molecular weight excluding hydrogens is 172 g/mol. The maximum atomic E-state index is 11.0. The molecule has 0 aliphatic rings. The Hall–Kier alpha value is -1.58. The van der Waals surface area contributed by atoms with Crippen molar-refractivity contribution in [1.29, 1.82) is 0 Å². The quantitative estimate of drug-likeness (QED) is 0.404. The molecule has 0 heterocycles. The van der Waals surface area contributed by atoms with E-state index in [1.807, 2.05) is 0 Å². The molecule has 72 valence electrons. The lowest BCUT2D eigenvalue weighted by molar-refractivity contribution is -0.139. The van der Waals surface area contributed by atoms with Crippen LogP contribution in [0.5, 0.6) is 0 Å². The number of hydrogen-bond acceptors (Lipinski definition) is 3. The Morgan fingerprint density at radius 3 is 2.38 bits per heavy atom. The van der Waals surface area contributed by atoms with Crippen LogP contribution in [0, 0.1) is 0 Å². The summed E-state index contributed by atoms with van der Waals surface area (Å²) in [5, 5.41) is 8.31. The molecule has 4 heteroatoms. The van der Waals surface area contributed by atoms with Crippen molar-refractivity contribution in [3.63, 3.8) is 0 Å². The van der Waals surface area contributed by atoms with Gasteiger partial charge in [0.25, 0.3) is 0 Å². The van der Waals surface area contributed by atoms with Crippen LogP contribution in [0.25, 0.3) is 0 Å². The highest BCUT2D eigenvalue weighted by Crippen LogP contribution is 1.98. The fourth-order valence-corrected chi connectivity index (χ4v) is 0.547. The highest BCUT2D eigenvalue weighted by molar-refractivity contribution is 5.95. The Morgan fingerprint density at radius 2 is 2.00 bits per heavy atom. The van der Waals surface area contributed by atoms with E-state index < -0.39 is 11.9 Å². The van der Waals surface area contributed by atoms with Crippen molar-refractivity contribution < 1.29 is 19.4 Å². The molecule has 4 nitrogen and oxygen atoms in total. The molecule has 0 radical (unpaired) electrons. The van der Waals surface area contributed by atoms with Crippen molar-refractivity contribution in [1.82, 2.24) is 0 Å². The molecule has 0 amide bonds. The van der Waals surface area contributed by atoms with Crippen molar-refractivity contribution >= 4 is 11.9 Å². The molecule has 0 aromatic carbocycles. The third kappa shape index (κ3) is 5.66. The van der Waals surface area contributed by atoms with Crippen LogP contribution in [0.15, 0.2) is 23.8 Å². The molecule has 0 aromatic rings. The van der Waals surface area contributed by atoms with Crippen molar-refractivity contribution in [3.8, 4) is 0 Å². The molecule has 0 saturated carbocycles. The van der Waals surface area contributed by atoms with Gasteiger partial charge in [-0.25, -0.2) is 9.59 Å². The lowest BCUT2D eigenvalue weighted by Crippen LogP contribution is -2.08. The second-order valence-electron chi connectivity index (χ2n) is 2.70. The highest BCUT2D eigenvalue weighted by atomic mass is 16.5. The molecule has 0 fully saturated rings. The molecule has 0 spiro atoms. The molecular formula is C9H12O4. The number of aliphatic carboxylic acids is 1. The zero-order chi connectivity index (χ0) is 10.4. The van der Waals surface area contributed by atoms with Gasteiger partial charge in [-0.2, -0.15) is 0 Å². The predicted octanol–water partition coefficient (Wildman–Crippen LogP) is 1.14. The number of ether oxygens (including phenoxy) is 1. The van der Waals surface area contributed by atoms with Gasteiger partial charge in [-0.05, 0) is 19.4 Å². The van der Waals surface area contributed by atoms with Gasteiger partial charge < -0.3 is 9.84 Å². The van der Waals surface area contributed by atoms with Crippen LogP contribution in [-0.2, 0) is 14.3 Å². The Labute approximate surface area is 76.5 Å². The standard InChI is InChI=1S/C9H12O4/c1-6(2)5-13-9(12)7(3)4-8(10)11/h4H,1,5H2,2-3H3,(H,10,11)/b7-4-. The first-order chi connectivity index (χ1) is 5.93. The largest absolute Gasteiger partial charge is 0.478 e. The third-order valence-electron chi connectivity index (χ3n) is 1.11. The number of carbonyl (C=O) groups is 2. The van der Waals surface area contributed by atoms with Crippen LogP contribution in [0.1, 0.15) is 13.8 Å². The fraction of sp³-hybridized carbons (Fsp3) is 0.333. The normalized spacial score (nSPS) is 10.8. The molecule has 0 aliphatic carbocycles. The van der Waals surface area contributed by atoms with Gasteiger partial charge >= 0.3 is 11.9 Å². The van der Waals surface area contributed by atoms with Gasteiger partial charge in [0.15, 0.2) is 0 Å². The summed E-state index contributed by atoms with van der Waals surface area (Å²) in [6.45, 7) is 6.74. The van der Waals surface area contributed by atoms with E-state index >= 15 is 0 Å². The van der Waals surface area contributed by atoms with Gasteiger partial charge in [0, 0.05) is 11.6 Å². The van der Waals surface area contributed by atoms with Crippen LogP contribution >= 0.6 is 0 Å². The molecule has 0 rings (SSSR count). The van der Waals surface area contributed by atoms with Crippen molar-refractivity contribution in [3.05, 3.63) is 23.8 Å². The zero-order valence-electron chi connectivity index (χ0n) is 7.66. The number of rotatable bonds is 4. The second-order valence-corrected chi connectivity index (χ2v) is 2.70. The SMILES string of the molecule is C=C(C)COC(=O)/C(C)=C\C(=O)O. The van der Waals surface area contributed by atoms with Crippen LogP contribution in [0.4, 0.5) is 0 Å². The van der Waals surface area contributed by atoms with E-state index in [0.717, 1.165) is 6.08 Å². The predicted molar refractivity (Wildman–Crippen MR) is 47.2 cm³/mol. The Balaban J connectivity index is 4.12. The van der Waals surface area contributed by atoms with E-state index in [1.54, 1.807) is 6.92 Å². The van der Waals surface area contributed by atoms with E-state index in [1.165, 1.54) is 6.92 Å². The number of esters is 1. The molecule has 0 bridgehead atoms. The molecule has 13 heavy (non-hydrogen) atoms. The average molecular weight is 184 g/mol. The zero-order valence-corrected chi connectivity index (χ0v) is 7.66. The van der Waals surface area contributed by atoms with E-state index in [2.05, 4.69) is 6.58 Å². The van der Waals surface area contributed by atoms with E-state index in [4.69, 9.17) is 9.84 Å². The van der Waals surface area contributed by atoms with Gasteiger partial charge in [0.05, 0.1) is 0 Å². The Kier molecular flexibility index (Phi) is 4.51. The van der Waals surface area contributed by atoms with Gasteiger partial charge in [0.1, 0.15) is 6.61 Å². The Bertz CT molecular complexity index is 263. The summed E-state index contributed by atoms with van der Waals surface area (Å²) in [4.78, 5) is 21.1. The summed E-state index contributed by atoms with van der Waals surface area (Å²) in [7, 11) is 0. The van der Waals surface area contributed by atoms with Gasteiger partial charge in [-0.3, -0.25) is 0 Å². The summed E-state index contributed by atoms with van der Waals surface area (Å²) in [5.41, 5.74) is 0.769. The van der Waals surface area contributed by atoms with Crippen LogP contribution < -0.4 is 0 Å². The topological polar surface area (TPSA) is 63.6 Å². The summed E-state index contributed by atoms with van der Waals surface area (Å²) in [6, 6.07) is 0. The number of hydrogen-bond donors (Lipinski definition) is 1. The summed E-state index contributed by atoms with van der Waals surface area (Å²) in [6.07, 6.45) is 0.806. The molecule has 0 saturated heterocycles. The second kappa shape index (κ2) is 5.13. The molecule has 0 aromatic heterocycles. The lowest BCUT2D eigenvalue weighted by Gasteiger charge is -2.02. The molecule has 1 N–H and O–H groups in total. The molecule has 0 atom stereocenters. The first-order valence-electron chi connectivity index (χ1n) is 3.66. The number of carboxylic acids is 1. The van der Waals surface area contributed by atoms with E-state index in [-0.39, 0.29) is 12.2 Å². The number of carboxylic acid groups (broad SMARTS) is 1. The summed E-state index contributed by atoms with van der Waals surface area (Å²) in [5.74, 6) is -1.80. The van der Waals surface area contributed by atoms with Crippen molar-refractivity contribution in [2.75, 3.05) is 6.61 Å². The fourth-order valence-electron chi connectivity index (χ4n) is 0.547. The van der Waals surface area contributed by atoms with E-state index in [0.29, 0.717) is 5.57 Å². The highest BCUT2D eigenvalue weighted by Gasteiger charge is 2.06. The first-order valence-corrected chi connectivity index (χ1v) is 3.66. The lowest BCUT2D eigenvalue weighted by atomic mass is 10.3. The minimum Gasteiger partial charge on any atom is -0.478 e. The third-order valence-corrected chi connectivity index (χ3v) is 1.11. The Morgan fingerprint density at radius 1 is 1.46 bits per heavy atom.